The minimum absolute atomic E-state index is 0.824. The Morgan fingerprint density at radius 1 is 1.44 bits per heavy atom. The molecule has 2 aromatic heterocycles. The predicted octanol–water partition coefficient (Wildman–Crippen LogP) is 1.68. The Morgan fingerprint density at radius 2 is 2.31 bits per heavy atom. The molecule has 0 fully saturated rings. The van der Waals surface area contributed by atoms with E-state index in [1.54, 1.807) is 6.20 Å². The van der Waals surface area contributed by atoms with Crippen molar-refractivity contribution >= 4 is 0 Å². The van der Waals surface area contributed by atoms with E-state index in [0.717, 1.165) is 24.3 Å². The fourth-order valence-corrected chi connectivity index (χ4v) is 1.69. The van der Waals surface area contributed by atoms with Crippen molar-refractivity contribution in [3.05, 3.63) is 36.3 Å². The number of nitrogens with zero attached hydrogens (tertiary/aromatic N) is 3. The zero-order valence-electron chi connectivity index (χ0n) is 9.64. The minimum Gasteiger partial charge on any atom is -0.316 e. The van der Waals surface area contributed by atoms with Crippen molar-refractivity contribution in [3.8, 4) is 11.3 Å². The third-order valence-electron chi connectivity index (χ3n) is 2.46. The monoisotopic (exact) mass is 216 g/mol. The smallest absolute Gasteiger partial charge is 0.0983 e. The van der Waals surface area contributed by atoms with Crippen LogP contribution in [0.4, 0.5) is 0 Å². The molecule has 0 aliphatic heterocycles. The Balaban J connectivity index is 2.42. The summed E-state index contributed by atoms with van der Waals surface area (Å²) in [5, 5.41) is 7.71. The first-order valence-electron chi connectivity index (χ1n) is 5.46. The van der Waals surface area contributed by atoms with Gasteiger partial charge in [-0.2, -0.15) is 5.10 Å². The van der Waals surface area contributed by atoms with Gasteiger partial charge in [0.15, 0.2) is 0 Å². The molecule has 0 aliphatic carbocycles. The van der Waals surface area contributed by atoms with E-state index in [2.05, 4.69) is 28.5 Å². The first kappa shape index (κ1) is 10.8. The molecule has 2 aromatic rings. The van der Waals surface area contributed by atoms with E-state index in [-0.39, 0.29) is 0 Å². The molecule has 0 saturated carbocycles. The molecular formula is C12H16N4. The highest BCUT2D eigenvalue weighted by Gasteiger charge is 2.09. The Labute approximate surface area is 95.3 Å². The molecule has 0 unspecified atom stereocenters. The van der Waals surface area contributed by atoms with Gasteiger partial charge in [-0.1, -0.05) is 0 Å². The van der Waals surface area contributed by atoms with Gasteiger partial charge in [0.05, 0.1) is 5.69 Å². The number of hydrogen-bond donors (Lipinski definition) is 1. The van der Waals surface area contributed by atoms with Gasteiger partial charge in [0.25, 0.3) is 0 Å². The van der Waals surface area contributed by atoms with Gasteiger partial charge in [-0.15, -0.1) is 0 Å². The Morgan fingerprint density at radius 3 is 2.94 bits per heavy atom. The third kappa shape index (κ3) is 2.12. The minimum atomic E-state index is 0.824. The topological polar surface area (TPSA) is 42.7 Å². The van der Waals surface area contributed by atoms with Gasteiger partial charge in [0.2, 0.25) is 0 Å². The van der Waals surface area contributed by atoms with Crippen molar-refractivity contribution in [2.24, 2.45) is 0 Å². The number of rotatable bonds is 4. The Kier molecular flexibility index (Phi) is 3.31. The first-order chi connectivity index (χ1) is 7.85. The van der Waals surface area contributed by atoms with Crippen LogP contribution in [0, 0.1) is 0 Å². The summed E-state index contributed by atoms with van der Waals surface area (Å²) in [4.78, 5) is 4.13. The zero-order valence-corrected chi connectivity index (χ0v) is 9.64. The fourth-order valence-electron chi connectivity index (χ4n) is 1.69. The molecule has 0 bridgehead atoms. The van der Waals surface area contributed by atoms with Crippen molar-refractivity contribution in [1.82, 2.24) is 20.1 Å². The number of nitrogens with one attached hydrogen (secondary N) is 1. The van der Waals surface area contributed by atoms with E-state index in [1.807, 2.05) is 30.1 Å². The normalized spacial score (nSPS) is 10.6. The maximum absolute atomic E-state index is 4.55. The van der Waals surface area contributed by atoms with Crippen LogP contribution in [-0.4, -0.2) is 21.8 Å². The van der Waals surface area contributed by atoms with Crippen LogP contribution in [0.15, 0.2) is 30.7 Å². The largest absolute Gasteiger partial charge is 0.316 e. The summed E-state index contributed by atoms with van der Waals surface area (Å²) >= 11 is 0. The Hall–Kier alpha value is -1.68. The molecule has 4 heteroatoms. The molecule has 0 spiro atoms. The molecular weight excluding hydrogens is 200 g/mol. The second-order valence-electron chi connectivity index (χ2n) is 3.63. The van der Waals surface area contributed by atoms with Gasteiger partial charge >= 0.3 is 0 Å². The molecule has 0 saturated heterocycles. The Bertz CT molecular complexity index is 447. The molecule has 2 heterocycles. The zero-order chi connectivity index (χ0) is 11.4. The van der Waals surface area contributed by atoms with Gasteiger partial charge in [-0.25, -0.2) is 0 Å². The van der Waals surface area contributed by atoms with E-state index in [0.29, 0.717) is 0 Å². The predicted molar refractivity (Wildman–Crippen MR) is 63.9 cm³/mol. The van der Waals surface area contributed by atoms with Crippen LogP contribution in [0.1, 0.15) is 12.5 Å². The van der Waals surface area contributed by atoms with Crippen molar-refractivity contribution in [3.63, 3.8) is 0 Å². The average molecular weight is 216 g/mol. The standard InChI is InChI=1S/C12H16N4/c1-3-16-9-11(7-13-2)12(15-16)10-5-4-6-14-8-10/h4-6,8-9,13H,3,7H2,1-2H3. The van der Waals surface area contributed by atoms with E-state index >= 15 is 0 Å². The summed E-state index contributed by atoms with van der Waals surface area (Å²) in [6.07, 6.45) is 5.71. The molecule has 1 N–H and O–H groups in total. The molecule has 16 heavy (non-hydrogen) atoms. The van der Waals surface area contributed by atoms with Gasteiger partial charge in [-0.3, -0.25) is 9.67 Å². The van der Waals surface area contributed by atoms with E-state index < -0.39 is 0 Å². The van der Waals surface area contributed by atoms with E-state index in [1.165, 1.54) is 5.56 Å². The van der Waals surface area contributed by atoms with Gasteiger partial charge in [0.1, 0.15) is 0 Å². The molecule has 0 radical (unpaired) electrons. The molecule has 2 rings (SSSR count). The lowest BCUT2D eigenvalue weighted by Crippen LogP contribution is -2.05. The first-order valence-corrected chi connectivity index (χ1v) is 5.46. The van der Waals surface area contributed by atoms with Crippen molar-refractivity contribution in [2.75, 3.05) is 7.05 Å². The summed E-state index contributed by atoms with van der Waals surface area (Å²) in [6.45, 7) is 3.80. The summed E-state index contributed by atoms with van der Waals surface area (Å²) < 4.78 is 1.95. The van der Waals surface area contributed by atoms with Crippen LogP contribution in [-0.2, 0) is 13.1 Å². The van der Waals surface area contributed by atoms with Gasteiger partial charge < -0.3 is 5.32 Å². The van der Waals surface area contributed by atoms with Gasteiger partial charge in [0, 0.05) is 42.8 Å². The summed E-state index contributed by atoms with van der Waals surface area (Å²) in [5.41, 5.74) is 3.29. The van der Waals surface area contributed by atoms with Crippen LogP contribution in [0.3, 0.4) is 0 Å². The second-order valence-corrected chi connectivity index (χ2v) is 3.63. The number of hydrogen-bond acceptors (Lipinski definition) is 3. The maximum atomic E-state index is 4.55. The highest BCUT2D eigenvalue weighted by atomic mass is 15.3. The van der Waals surface area contributed by atoms with Crippen LogP contribution in [0.5, 0.6) is 0 Å². The van der Waals surface area contributed by atoms with Crippen molar-refractivity contribution < 1.29 is 0 Å². The van der Waals surface area contributed by atoms with Crippen LogP contribution >= 0.6 is 0 Å². The van der Waals surface area contributed by atoms with Crippen LogP contribution in [0.2, 0.25) is 0 Å². The third-order valence-corrected chi connectivity index (χ3v) is 2.46. The molecule has 0 amide bonds. The molecule has 0 aromatic carbocycles. The van der Waals surface area contributed by atoms with E-state index in [4.69, 9.17) is 0 Å². The van der Waals surface area contributed by atoms with Crippen molar-refractivity contribution in [2.45, 2.75) is 20.0 Å². The lowest BCUT2D eigenvalue weighted by atomic mass is 10.1. The number of aryl methyl sites for hydroxylation is 1. The molecule has 4 nitrogen and oxygen atoms in total. The summed E-state index contributed by atoms with van der Waals surface area (Å²) in [7, 11) is 1.94. The maximum Gasteiger partial charge on any atom is 0.0983 e. The molecule has 84 valence electrons. The van der Waals surface area contributed by atoms with Crippen LogP contribution in [0.25, 0.3) is 11.3 Å². The molecule has 0 atom stereocenters. The van der Waals surface area contributed by atoms with Gasteiger partial charge in [-0.05, 0) is 26.1 Å². The lowest BCUT2D eigenvalue weighted by molar-refractivity contribution is 0.660. The SMILES string of the molecule is CCn1cc(CNC)c(-c2cccnc2)n1. The fraction of sp³-hybridized carbons (Fsp3) is 0.333. The summed E-state index contributed by atoms with van der Waals surface area (Å²) in [5.74, 6) is 0. The van der Waals surface area contributed by atoms with Crippen molar-refractivity contribution in [1.29, 1.82) is 0 Å². The quantitative estimate of drug-likeness (QED) is 0.845. The lowest BCUT2D eigenvalue weighted by Gasteiger charge is -2.00. The number of pyridine rings is 1. The van der Waals surface area contributed by atoms with Crippen LogP contribution < -0.4 is 5.32 Å². The average Bonchev–Trinajstić information content (AvgIpc) is 2.74. The highest BCUT2D eigenvalue weighted by molar-refractivity contribution is 5.61. The molecule has 0 aliphatic rings. The second kappa shape index (κ2) is 4.90. The number of aromatic nitrogens is 3. The summed E-state index contributed by atoms with van der Waals surface area (Å²) in [6, 6.07) is 3.97. The van der Waals surface area contributed by atoms with E-state index in [9.17, 15) is 0 Å². The highest BCUT2D eigenvalue weighted by Crippen LogP contribution is 2.20.